The van der Waals surface area contributed by atoms with Crippen LogP contribution in [0.5, 0.6) is 11.5 Å². The molecule has 0 radical (unpaired) electrons. The molecule has 0 aliphatic carbocycles. The first-order valence-corrected chi connectivity index (χ1v) is 13.8. The van der Waals surface area contributed by atoms with Crippen molar-refractivity contribution in [2.24, 2.45) is 0 Å². The molecular formula is C27H20BrCl2FN2O5S. The number of halogens is 4. The van der Waals surface area contributed by atoms with Gasteiger partial charge in [-0.2, -0.15) is 0 Å². The van der Waals surface area contributed by atoms with E-state index in [0.717, 1.165) is 16.5 Å². The number of imide groups is 1. The molecule has 0 bridgehead atoms. The van der Waals surface area contributed by atoms with Crippen LogP contribution in [0.25, 0.3) is 6.08 Å². The third-order valence-electron chi connectivity index (χ3n) is 5.30. The number of hydrogen-bond donors (Lipinski definition) is 1. The summed E-state index contributed by atoms with van der Waals surface area (Å²) in [6.07, 6.45) is 1.53. The second kappa shape index (κ2) is 12.9. The Balaban J connectivity index is 1.50. The number of hydrogen-bond acceptors (Lipinski definition) is 6. The van der Waals surface area contributed by atoms with Gasteiger partial charge < -0.3 is 14.8 Å². The number of thioether (sulfide) groups is 1. The number of nitrogens with zero attached hydrogens (tertiary/aromatic N) is 1. The van der Waals surface area contributed by atoms with Gasteiger partial charge in [-0.05, 0) is 88.7 Å². The molecule has 3 amide bonds. The maximum absolute atomic E-state index is 13.4. The van der Waals surface area contributed by atoms with Gasteiger partial charge in [-0.3, -0.25) is 19.3 Å². The Hall–Kier alpha value is -3.05. The first-order chi connectivity index (χ1) is 18.6. The molecule has 7 nitrogen and oxygen atoms in total. The van der Waals surface area contributed by atoms with Crippen LogP contribution in [0.1, 0.15) is 18.1 Å². The number of carbonyl (C=O) groups excluding carboxylic acids is 3. The summed E-state index contributed by atoms with van der Waals surface area (Å²) in [5, 5.41) is 2.86. The number of anilines is 1. The first kappa shape index (κ1) is 28.9. The molecule has 1 N–H and O–H groups in total. The Morgan fingerprint density at radius 3 is 2.64 bits per heavy atom. The van der Waals surface area contributed by atoms with Gasteiger partial charge in [0.1, 0.15) is 19.0 Å². The van der Waals surface area contributed by atoms with Gasteiger partial charge >= 0.3 is 0 Å². The van der Waals surface area contributed by atoms with Crippen molar-refractivity contribution in [2.45, 2.75) is 13.5 Å². The summed E-state index contributed by atoms with van der Waals surface area (Å²) in [5.74, 6) is -0.928. The lowest BCUT2D eigenvalue weighted by Gasteiger charge is -2.15. The van der Waals surface area contributed by atoms with E-state index in [9.17, 15) is 18.8 Å². The largest absolute Gasteiger partial charge is 0.490 e. The van der Waals surface area contributed by atoms with Gasteiger partial charge in [0.25, 0.3) is 11.1 Å². The van der Waals surface area contributed by atoms with Crippen molar-refractivity contribution in [2.75, 3.05) is 18.5 Å². The van der Waals surface area contributed by atoms with Crippen molar-refractivity contribution in [1.29, 1.82) is 0 Å². The smallest absolute Gasteiger partial charge is 0.294 e. The summed E-state index contributed by atoms with van der Waals surface area (Å²) in [7, 11) is 0. The van der Waals surface area contributed by atoms with E-state index >= 15 is 0 Å². The van der Waals surface area contributed by atoms with Gasteiger partial charge in [-0.25, -0.2) is 4.39 Å². The molecular weight excluding hydrogens is 634 g/mol. The highest BCUT2D eigenvalue weighted by molar-refractivity contribution is 9.10. The minimum atomic E-state index is -0.632. The summed E-state index contributed by atoms with van der Waals surface area (Å²) in [4.78, 5) is 38.8. The average Bonchev–Trinajstić information content (AvgIpc) is 3.12. The van der Waals surface area contributed by atoms with Crippen molar-refractivity contribution in [3.05, 3.63) is 91.0 Å². The Bertz CT molecular complexity index is 1490. The van der Waals surface area contributed by atoms with Gasteiger partial charge in [0.2, 0.25) is 5.91 Å². The summed E-state index contributed by atoms with van der Waals surface area (Å²) in [6.45, 7) is 1.82. The van der Waals surface area contributed by atoms with Gasteiger partial charge in [0, 0.05) is 21.3 Å². The van der Waals surface area contributed by atoms with Gasteiger partial charge in [-0.15, -0.1) is 0 Å². The monoisotopic (exact) mass is 652 g/mol. The lowest BCUT2D eigenvalue weighted by molar-refractivity contribution is -0.127. The maximum atomic E-state index is 13.4. The number of rotatable bonds is 9. The molecule has 1 heterocycles. The molecule has 39 heavy (non-hydrogen) atoms. The van der Waals surface area contributed by atoms with Crippen LogP contribution >= 0.6 is 50.9 Å². The fourth-order valence-electron chi connectivity index (χ4n) is 3.56. The quantitative estimate of drug-likeness (QED) is 0.240. The predicted molar refractivity (Wildman–Crippen MR) is 154 cm³/mol. The average molecular weight is 654 g/mol. The van der Waals surface area contributed by atoms with Crippen molar-refractivity contribution >= 4 is 79.7 Å². The van der Waals surface area contributed by atoms with E-state index < -0.39 is 29.4 Å². The molecule has 1 aliphatic heterocycles. The number of benzene rings is 3. The van der Waals surface area contributed by atoms with E-state index in [2.05, 4.69) is 21.2 Å². The summed E-state index contributed by atoms with van der Waals surface area (Å²) in [5.41, 5.74) is 1.52. The van der Waals surface area contributed by atoms with E-state index in [1.165, 1.54) is 24.3 Å². The van der Waals surface area contributed by atoms with Crippen LogP contribution < -0.4 is 14.8 Å². The molecule has 202 valence electrons. The van der Waals surface area contributed by atoms with Crippen molar-refractivity contribution in [3.8, 4) is 11.5 Å². The number of nitrogens with one attached hydrogen (secondary N) is 1. The van der Waals surface area contributed by atoms with Crippen LogP contribution in [0.15, 0.2) is 64.0 Å². The zero-order chi connectivity index (χ0) is 28.1. The van der Waals surface area contributed by atoms with E-state index in [-0.39, 0.29) is 17.2 Å². The highest BCUT2D eigenvalue weighted by Crippen LogP contribution is 2.40. The molecule has 12 heteroatoms. The van der Waals surface area contributed by atoms with Crippen molar-refractivity contribution in [1.82, 2.24) is 4.90 Å². The summed E-state index contributed by atoms with van der Waals surface area (Å²) in [6, 6.07) is 13.8. The molecule has 0 unspecified atom stereocenters. The Morgan fingerprint density at radius 2 is 1.92 bits per heavy atom. The molecule has 1 fully saturated rings. The van der Waals surface area contributed by atoms with E-state index in [0.29, 0.717) is 49.9 Å². The maximum Gasteiger partial charge on any atom is 0.294 e. The number of amides is 3. The van der Waals surface area contributed by atoms with E-state index in [1.807, 2.05) is 6.92 Å². The second-order valence-corrected chi connectivity index (χ2v) is 10.8. The highest BCUT2D eigenvalue weighted by Gasteiger charge is 2.36. The first-order valence-electron chi connectivity index (χ1n) is 11.5. The van der Waals surface area contributed by atoms with E-state index in [4.69, 9.17) is 32.7 Å². The fraction of sp³-hybridized carbons (Fsp3) is 0.148. The highest BCUT2D eigenvalue weighted by atomic mass is 79.9. The van der Waals surface area contributed by atoms with Crippen molar-refractivity contribution in [3.63, 3.8) is 0 Å². The van der Waals surface area contributed by atoms with Crippen LogP contribution in [0.2, 0.25) is 10.0 Å². The summed E-state index contributed by atoms with van der Waals surface area (Å²) < 4.78 is 25.7. The third kappa shape index (κ3) is 7.33. The normalized spacial score (nSPS) is 14.2. The topological polar surface area (TPSA) is 84.9 Å². The molecule has 3 aromatic carbocycles. The molecule has 4 rings (SSSR count). The molecule has 1 aliphatic rings. The minimum absolute atomic E-state index is 0.134. The van der Waals surface area contributed by atoms with Crippen LogP contribution in [-0.4, -0.2) is 35.1 Å². The number of carbonyl (C=O) groups is 3. The van der Waals surface area contributed by atoms with Crippen LogP contribution in [0, 0.1) is 5.82 Å². The SMILES string of the molecule is CCOc1cc(/C=C2/SC(=O)N(CC(=O)Nc3cccc(F)c3)C2=O)cc(Br)c1OCc1ccc(Cl)cc1Cl. The third-order valence-corrected chi connectivity index (χ3v) is 7.38. The van der Waals surface area contributed by atoms with E-state index in [1.54, 1.807) is 30.3 Å². The molecule has 1 saturated heterocycles. The lowest BCUT2D eigenvalue weighted by atomic mass is 10.1. The Morgan fingerprint density at radius 1 is 1.13 bits per heavy atom. The van der Waals surface area contributed by atoms with Gasteiger partial charge in [-0.1, -0.05) is 35.3 Å². The van der Waals surface area contributed by atoms with Crippen LogP contribution in [0.3, 0.4) is 0 Å². The Kier molecular flexibility index (Phi) is 9.55. The molecule has 3 aromatic rings. The minimum Gasteiger partial charge on any atom is -0.490 e. The van der Waals surface area contributed by atoms with Crippen molar-refractivity contribution < 1.29 is 28.2 Å². The second-order valence-electron chi connectivity index (χ2n) is 8.11. The molecule has 0 saturated carbocycles. The zero-order valence-corrected chi connectivity index (χ0v) is 24.2. The zero-order valence-electron chi connectivity index (χ0n) is 20.3. The molecule has 0 spiro atoms. The lowest BCUT2D eigenvalue weighted by Crippen LogP contribution is -2.36. The molecule has 0 aromatic heterocycles. The standard InChI is InChI=1S/C27H20BrCl2FN2O5S/c1-2-37-22-9-15(8-20(28)25(22)38-14-16-6-7-17(29)11-21(16)30)10-23-26(35)33(27(36)39-23)13-24(34)32-19-5-3-4-18(31)12-19/h3-12H,2,13-14H2,1H3,(H,32,34)/b23-10+. The van der Waals surface area contributed by atoms with Gasteiger partial charge in [0.15, 0.2) is 11.5 Å². The molecule has 0 atom stereocenters. The van der Waals surface area contributed by atoms with Crippen LogP contribution in [-0.2, 0) is 16.2 Å². The van der Waals surface area contributed by atoms with Crippen LogP contribution in [0.4, 0.5) is 14.9 Å². The fourth-order valence-corrected chi connectivity index (χ4v) is 5.44. The number of ether oxygens (including phenoxy) is 2. The van der Waals surface area contributed by atoms with Gasteiger partial charge in [0.05, 0.1) is 16.0 Å². The predicted octanol–water partition coefficient (Wildman–Crippen LogP) is 7.55. The summed E-state index contributed by atoms with van der Waals surface area (Å²) >= 11 is 16.4. The Labute approximate surface area is 246 Å².